The van der Waals surface area contributed by atoms with Crippen molar-refractivity contribution < 1.29 is 38.8 Å². The molecule has 2 aromatic carbocycles. The first-order valence-corrected chi connectivity index (χ1v) is 10.0. The smallest absolute Gasteiger partial charge is 0.343 e. The lowest BCUT2D eigenvalue weighted by molar-refractivity contribution is -0.143. The molecule has 0 aromatic heterocycles. The highest BCUT2D eigenvalue weighted by Gasteiger charge is 2.30. The van der Waals surface area contributed by atoms with Gasteiger partial charge in [0.05, 0.1) is 11.5 Å². The van der Waals surface area contributed by atoms with Crippen LogP contribution in [-0.2, 0) is 9.59 Å². The summed E-state index contributed by atoms with van der Waals surface area (Å²) in [4.78, 5) is 35.5. The molecule has 1 aliphatic carbocycles. The summed E-state index contributed by atoms with van der Waals surface area (Å²) >= 11 is 0. The van der Waals surface area contributed by atoms with Crippen LogP contribution in [0.15, 0.2) is 48.5 Å². The average molecular weight is 428 g/mol. The maximum atomic E-state index is 12.3. The number of hydrogen-bond acceptors (Lipinski definition) is 8. The van der Waals surface area contributed by atoms with Crippen LogP contribution in [0.5, 0.6) is 17.2 Å². The Morgan fingerprint density at radius 3 is 1.77 bits per heavy atom. The Morgan fingerprint density at radius 1 is 0.774 bits per heavy atom. The van der Waals surface area contributed by atoms with Crippen molar-refractivity contribution in [3.05, 3.63) is 54.1 Å². The number of hydrogen-bond donors (Lipinski definition) is 2. The number of rotatable bonds is 6. The van der Waals surface area contributed by atoms with E-state index in [0.717, 1.165) is 0 Å². The third-order valence-corrected chi connectivity index (χ3v) is 5.13. The third kappa shape index (κ3) is 6.37. The van der Waals surface area contributed by atoms with Gasteiger partial charge in [0.15, 0.2) is 6.29 Å². The number of aliphatic hydroxyl groups excluding tert-OH is 1. The van der Waals surface area contributed by atoms with Gasteiger partial charge >= 0.3 is 17.9 Å². The molecular weight excluding hydrogens is 404 g/mol. The predicted molar refractivity (Wildman–Crippen MR) is 108 cm³/mol. The Hall–Kier alpha value is -3.23. The van der Waals surface area contributed by atoms with E-state index in [1.54, 1.807) is 0 Å². The topological polar surface area (TPSA) is 119 Å². The van der Waals surface area contributed by atoms with Gasteiger partial charge in [-0.2, -0.15) is 0 Å². The Labute approximate surface area is 179 Å². The van der Waals surface area contributed by atoms with Crippen LogP contribution in [0, 0.1) is 11.8 Å². The van der Waals surface area contributed by atoms with Crippen LogP contribution in [0.25, 0.3) is 0 Å². The van der Waals surface area contributed by atoms with Crippen molar-refractivity contribution in [3.63, 3.8) is 0 Å². The summed E-state index contributed by atoms with van der Waals surface area (Å²) in [6.07, 6.45) is 0.877. The quantitative estimate of drug-likeness (QED) is 0.410. The van der Waals surface area contributed by atoms with Gasteiger partial charge in [0.25, 0.3) is 0 Å². The normalized spacial score (nSPS) is 18.3. The van der Waals surface area contributed by atoms with E-state index in [-0.39, 0.29) is 29.1 Å². The lowest BCUT2D eigenvalue weighted by Crippen LogP contribution is -2.30. The van der Waals surface area contributed by atoms with Crippen LogP contribution in [0.4, 0.5) is 0 Å². The molecule has 0 atom stereocenters. The monoisotopic (exact) mass is 428 g/mol. The van der Waals surface area contributed by atoms with Crippen LogP contribution >= 0.6 is 0 Å². The van der Waals surface area contributed by atoms with Crippen LogP contribution in [-0.4, -0.2) is 34.4 Å². The van der Waals surface area contributed by atoms with Gasteiger partial charge < -0.3 is 24.4 Å². The summed E-state index contributed by atoms with van der Waals surface area (Å²) in [7, 11) is 0. The van der Waals surface area contributed by atoms with E-state index < -0.39 is 18.2 Å². The molecule has 0 heterocycles. The summed E-state index contributed by atoms with van der Waals surface area (Å²) in [5.41, 5.74) is 0.287. The molecule has 8 heteroatoms. The molecule has 2 aromatic rings. The summed E-state index contributed by atoms with van der Waals surface area (Å²) in [5, 5.41) is 18.5. The Morgan fingerprint density at radius 2 is 1.26 bits per heavy atom. The molecular formula is C23H24O8. The van der Waals surface area contributed by atoms with Crippen molar-refractivity contribution in [2.45, 2.75) is 38.9 Å². The van der Waals surface area contributed by atoms with Gasteiger partial charge in [-0.05, 0) is 74.2 Å². The zero-order chi connectivity index (χ0) is 22.4. The van der Waals surface area contributed by atoms with Crippen molar-refractivity contribution in [3.8, 4) is 17.2 Å². The van der Waals surface area contributed by atoms with E-state index in [1.807, 2.05) is 0 Å². The second kappa shape index (κ2) is 10.2. The lowest BCUT2D eigenvalue weighted by Gasteiger charge is -2.28. The Balaban J connectivity index is 1.51. The first kappa shape index (κ1) is 22.5. The zero-order valence-electron chi connectivity index (χ0n) is 17.0. The lowest BCUT2D eigenvalue weighted by atomic mass is 9.82. The van der Waals surface area contributed by atoms with Gasteiger partial charge in [-0.3, -0.25) is 9.59 Å². The van der Waals surface area contributed by atoms with E-state index in [1.165, 1.54) is 55.5 Å². The Kier molecular flexibility index (Phi) is 7.38. The van der Waals surface area contributed by atoms with Crippen LogP contribution in [0.3, 0.4) is 0 Å². The number of ether oxygens (including phenoxy) is 3. The molecule has 8 nitrogen and oxygen atoms in total. The van der Waals surface area contributed by atoms with Gasteiger partial charge in [0.1, 0.15) is 17.2 Å². The van der Waals surface area contributed by atoms with Gasteiger partial charge in [-0.1, -0.05) is 0 Å². The maximum absolute atomic E-state index is 12.3. The number of benzene rings is 2. The maximum Gasteiger partial charge on any atom is 0.343 e. The fraction of sp³-hybridized carbons (Fsp3) is 0.348. The van der Waals surface area contributed by atoms with Crippen LogP contribution in [0.1, 0.15) is 43.0 Å². The molecule has 31 heavy (non-hydrogen) atoms. The number of aliphatic hydroxyl groups is 2. The zero-order valence-corrected chi connectivity index (χ0v) is 17.0. The van der Waals surface area contributed by atoms with Crippen molar-refractivity contribution in [1.29, 1.82) is 0 Å². The van der Waals surface area contributed by atoms with E-state index in [0.29, 0.717) is 37.2 Å². The number of esters is 3. The molecule has 0 amide bonds. The minimum absolute atomic E-state index is 0.198. The fourth-order valence-corrected chi connectivity index (χ4v) is 3.42. The molecule has 0 spiro atoms. The van der Waals surface area contributed by atoms with Gasteiger partial charge in [0.2, 0.25) is 0 Å². The largest absolute Gasteiger partial charge is 0.427 e. The minimum atomic E-state index is -1.35. The highest BCUT2D eigenvalue weighted by Crippen LogP contribution is 2.31. The van der Waals surface area contributed by atoms with Crippen LogP contribution in [0.2, 0.25) is 0 Å². The molecule has 0 radical (unpaired) electrons. The van der Waals surface area contributed by atoms with Gasteiger partial charge in [-0.15, -0.1) is 0 Å². The SMILES string of the molecule is CC(=O)Oc1ccc(C(=O)Oc2ccc(OC(=O)C3CCC(C(O)O)CC3)cc2)cc1. The summed E-state index contributed by atoms with van der Waals surface area (Å²) < 4.78 is 15.6. The van der Waals surface area contributed by atoms with Crippen molar-refractivity contribution in [2.24, 2.45) is 11.8 Å². The third-order valence-electron chi connectivity index (χ3n) is 5.13. The molecule has 2 N–H and O–H groups in total. The molecule has 0 bridgehead atoms. The number of carbonyl (C=O) groups excluding carboxylic acids is 3. The average Bonchev–Trinajstić information content (AvgIpc) is 2.75. The molecule has 1 fully saturated rings. The molecule has 3 rings (SSSR count). The summed E-state index contributed by atoms with van der Waals surface area (Å²) in [5.74, 6) is -0.918. The predicted octanol–water partition coefficient (Wildman–Crippen LogP) is 2.85. The first-order valence-electron chi connectivity index (χ1n) is 10.0. The summed E-state index contributed by atoms with van der Waals surface area (Å²) in [6, 6.07) is 12.1. The number of carbonyl (C=O) groups is 3. The van der Waals surface area contributed by atoms with E-state index in [4.69, 9.17) is 14.2 Å². The highest BCUT2D eigenvalue weighted by molar-refractivity contribution is 5.91. The Bertz CT molecular complexity index is 910. The van der Waals surface area contributed by atoms with Crippen molar-refractivity contribution in [1.82, 2.24) is 0 Å². The van der Waals surface area contributed by atoms with Crippen molar-refractivity contribution in [2.75, 3.05) is 0 Å². The fourth-order valence-electron chi connectivity index (χ4n) is 3.42. The molecule has 164 valence electrons. The molecule has 1 aliphatic rings. The highest BCUT2D eigenvalue weighted by atomic mass is 16.5. The molecule has 0 aliphatic heterocycles. The molecule has 0 saturated heterocycles. The second-order valence-electron chi connectivity index (χ2n) is 7.43. The molecule has 1 saturated carbocycles. The second-order valence-corrected chi connectivity index (χ2v) is 7.43. The van der Waals surface area contributed by atoms with E-state index in [9.17, 15) is 24.6 Å². The molecule has 0 unspecified atom stereocenters. The van der Waals surface area contributed by atoms with Gasteiger partial charge in [-0.25, -0.2) is 4.79 Å². The van der Waals surface area contributed by atoms with Crippen molar-refractivity contribution >= 4 is 17.9 Å². The van der Waals surface area contributed by atoms with Gasteiger partial charge in [0, 0.05) is 12.8 Å². The summed E-state index contributed by atoms with van der Waals surface area (Å²) in [6.45, 7) is 1.29. The first-order chi connectivity index (χ1) is 14.8. The standard InChI is InChI=1S/C23H24O8/c1-14(24)29-18-8-6-17(7-9-18)23(28)31-20-12-10-19(11-13-20)30-22(27)16-4-2-15(3-5-16)21(25)26/h6-13,15-16,21,25-26H,2-5H2,1H3. The van der Waals surface area contributed by atoms with E-state index >= 15 is 0 Å². The van der Waals surface area contributed by atoms with Crippen LogP contribution < -0.4 is 14.2 Å². The minimum Gasteiger partial charge on any atom is -0.427 e. The van der Waals surface area contributed by atoms with E-state index in [2.05, 4.69) is 0 Å².